The summed E-state index contributed by atoms with van der Waals surface area (Å²) in [5, 5.41) is 11.6. The SMILES string of the molecule is CC(=O)NNC(=O)c1ccccc1Nc1ccc2c(/C=C/c3ccccn3)n[nH]c2c1. The fourth-order valence-electron chi connectivity index (χ4n) is 3.04. The van der Waals surface area contributed by atoms with Crippen molar-refractivity contribution in [1.29, 1.82) is 0 Å². The second kappa shape index (κ2) is 8.91. The highest BCUT2D eigenvalue weighted by Crippen LogP contribution is 2.25. The Balaban J connectivity index is 1.55. The minimum absolute atomic E-state index is 0.351. The first-order chi connectivity index (χ1) is 15.1. The number of fused-ring (bicyclic) bond motifs is 1. The van der Waals surface area contributed by atoms with Crippen LogP contribution in [0.1, 0.15) is 28.7 Å². The van der Waals surface area contributed by atoms with Crippen molar-refractivity contribution in [2.45, 2.75) is 6.92 Å². The van der Waals surface area contributed by atoms with Crippen molar-refractivity contribution in [2.75, 3.05) is 5.32 Å². The molecular weight excluding hydrogens is 392 g/mol. The van der Waals surface area contributed by atoms with Crippen LogP contribution in [-0.2, 0) is 4.79 Å². The third-order valence-electron chi connectivity index (χ3n) is 4.49. The topological polar surface area (TPSA) is 112 Å². The Hall–Kier alpha value is -4.46. The number of carbonyl (C=O) groups is 2. The number of para-hydroxylation sites is 1. The van der Waals surface area contributed by atoms with Gasteiger partial charge in [0.25, 0.3) is 5.91 Å². The van der Waals surface area contributed by atoms with Gasteiger partial charge in [0, 0.05) is 24.2 Å². The molecule has 0 bridgehead atoms. The number of benzene rings is 2. The number of H-pyrrole nitrogens is 1. The van der Waals surface area contributed by atoms with E-state index in [0.29, 0.717) is 11.3 Å². The Morgan fingerprint density at radius 3 is 2.61 bits per heavy atom. The van der Waals surface area contributed by atoms with Gasteiger partial charge in [-0.25, -0.2) is 0 Å². The smallest absolute Gasteiger partial charge is 0.271 e. The number of anilines is 2. The van der Waals surface area contributed by atoms with E-state index >= 15 is 0 Å². The Labute approximate surface area is 178 Å². The number of aromatic nitrogens is 3. The molecule has 4 N–H and O–H groups in total. The van der Waals surface area contributed by atoms with Crippen LogP contribution in [0.5, 0.6) is 0 Å². The molecule has 0 aliphatic rings. The van der Waals surface area contributed by atoms with Crippen molar-refractivity contribution >= 4 is 46.2 Å². The molecule has 0 aliphatic heterocycles. The average Bonchev–Trinajstić information content (AvgIpc) is 3.19. The third kappa shape index (κ3) is 4.76. The summed E-state index contributed by atoms with van der Waals surface area (Å²) >= 11 is 0. The van der Waals surface area contributed by atoms with Crippen LogP contribution in [0, 0.1) is 0 Å². The Kier molecular flexibility index (Phi) is 5.70. The van der Waals surface area contributed by atoms with Crippen LogP contribution in [0.4, 0.5) is 11.4 Å². The van der Waals surface area contributed by atoms with E-state index < -0.39 is 5.91 Å². The fraction of sp³-hybridized carbons (Fsp3) is 0.0435. The van der Waals surface area contributed by atoms with E-state index in [0.717, 1.165) is 28.0 Å². The van der Waals surface area contributed by atoms with Crippen LogP contribution < -0.4 is 16.2 Å². The van der Waals surface area contributed by atoms with E-state index in [1.807, 2.05) is 54.6 Å². The molecule has 2 heterocycles. The molecule has 8 heteroatoms. The predicted molar refractivity (Wildman–Crippen MR) is 120 cm³/mol. The lowest BCUT2D eigenvalue weighted by molar-refractivity contribution is -0.119. The zero-order valence-corrected chi connectivity index (χ0v) is 16.7. The minimum Gasteiger partial charge on any atom is -0.355 e. The average molecular weight is 412 g/mol. The molecule has 0 fully saturated rings. The second-order valence-electron chi connectivity index (χ2n) is 6.76. The number of carbonyl (C=O) groups excluding carboxylic acids is 2. The standard InChI is InChI=1S/C23H20N6O2/c1-15(30)26-29-23(31)19-7-2-3-8-20(19)25-17-9-11-18-21(27-28-22(18)14-17)12-10-16-6-4-5-13-24-16/h2-14,25H,1H3,(H,26,30)(H,27,28)(H,29,31)/b12-10+. The number of hydrogen-bond acceptors (Lipinski definition) is 5. The highest BCUT2D eigenvalue weighted by Gasteiger charge is 2.12. The number of hydrazine groups is 1. The monoisotopic (exact) mass is 412 g/mol. The highest BCUT2D eigenvalue weighted by molar-refractivity contribution is 6.01. The molecule has 4 rings (SSSR count). The van der Waals surface area contributed by atoms with Gasteiger partial charge in [0.1, 0.15) is 0 Å². The molecule has 8 nitrogen and oxygen atoms in total. The van der Waals surface area contributed by atoms with E-state index in [1.54, 1.807) is 24.4 Å². The summed E-state index contributed by atoms with van der Waals surface area (Å²) in [4.78, 5) is 27.7. The first-order valence-electron chi connectivity index (χ1n) is 9.60. The number of hydrogen-bond donors (Lipinski definition) is 4. The second-order valence-corrected chi connectivity index (χ2v) is 6.76. The molecule has 0 unspecified atom stereocenters. The quantitative estimate of drug-likeness (QED) is 0.374. The van der Waals surface area contributed by atoms with Gasteiger partial charge in [0.05, 0.1) is 28.2 Å². The molecule has 0 saturated heterocycles. The maximum Gasteiger partial charge on any atom is 0.271 e. The van der Waals surface area contributed by atoms with Crippen LogP contribution >= 0.6 is 0 Å². The maximum atomic E-state index is 12.4. The number of amides is 2. The zero-order valence-electron chi connectivity index (χ0n) is 16.7. The van der Waals surface area contributed by atoms with Gasteiger partial charge in [-0.05, 0) is 54.6 Å². The molecule has 0 radical (unpaired) electrons. The van der Waals surface area contributed by atoms with E-state index in [9.17, 15) is 9.59 Å². The third-order valence-corrected chi connectivity index (χ3v) is 4.49. The van der Waals surface area contributed by atoms with Gasteiger partial charge < -0.3 is 5.32 Å². The molecule has 31 heavy (non-hydrogen) atoms. The van der Waals surface area contributed by atoms with Crippen molar-refractivity contribution in [3.8, 4) is 0 Å². The molecular formula is C23H20N6O2. The van der Waals surface area contributed by atoms with Crippen LogP contribution in [-0.4, -0.2) is 27.0 Å². The van der Waals surface area contributed by atoms with Gasteiger partial charge in [-0.3, -0.25) is 30.5 Å². The van der Waals surface area contributed by atoms with Gasteiger partial charge in [0.15, 0.2) is 0 Å². The Morgan fingerprint density at radius 1 is 0.968 bits per heavy atom. The van der Waals surface area contributed by atoms with E-state index in [2.05, 4.69) is 31.3 Å². The van der Waals surface area contributed by atoms with Gasteiger partial charge in [-0.1, -0.05) is 18.2 Å². The first kappa shape index (κ1) is 19.8. The number of pyridine rings is 1. The molecule has 4 aromatic rings. The van der Waals surface area contributed by atoms with Gasteiger partial charge >= 0.3 is 0 Å². The Bertz CT molecular complexity index is 1260. The van der Waals surface area contributed by atoms with Crippen molar-refractivity contribution in [1.82, 2.24) is 26.0 Å². The van der Waals surface area contributed by atoms with Crippen molar-refractivity contribution in [3.05, 3.63) is 83.8 Å². The van der Waals surface area contributed by atoms with Crippen LogP contribution in [0.25, 0.3) is 23.1 Å². The molecule has 2 aromatic heterocycles. The van der Waals surface area contributed by atoms with Crippen LogP contribution in [0.3, 0.4) is 0 Å². The fourth-order valence-corrected chi connectivity index (χ4v) is 3.04. The minimum atomic E-state index is -0.414. The number of nitrogens with zero attached hydrogens (tertiary/aromatic N) is 2. The molecule has 2 amide bonds. The van der Waals surface area contributed by atoms with Gasteiger partial charge in [0.2, 0.25) is 5.91 Å². The first-order valence-corrected chi connectivity index (χ1v) is 9.60. The van der Waals surface area contributed by atoms with Gasteiger partial charge in [-0.2, -0.15) is 5.10 Å². The van der Waals surface area contributed by atoms with Crippen molar-refractivity contribution in [3.63, 3.8) is 0 Å². The summed E-state index contributed by atoms with van der Waals surface area (Å²) in [7, 11) is 0. The van der Waals surface area contributed by atoms with Crippen molar-refractivity contribution in [2.24, 2.45) is 0 Å². The summed E-state index contributed by atoms with van der Waals surface area (Å²) in [6.07, 6.45) is 5.57. The lowest BCUT2D eigenvalue weighted by atomic mass is 10.1. The zero-order chi connectivity index (χ0) is 21.6. The van der Waals surface area contributed by atoms with E-state index in [4.69, 9.17) is 0 Å². The summed E-state index contributed by atoms with van der Waals surface area (Å²) in [5.41, 5.74) is 8.99. The maximum absolute atomic E-state index is 12.4. The van der Waals surface area contributed by atoms with E-state index in [1.165, 1.54) is 6.92 Å². The molecule has 0 saturated carbocycles. The van der Waals surface area contributed by atoms with Gasteiger partial charge in [-0.15, -0.1) is 0 Å². The molecule has 0 spiro atoms. The summed E-state index contributed by atoms with van der Waals surface area (Å²) in [6.45, 7) is 1.32. The summed E-state index contributed by atoms with van der Waals surface area (Å²) in [5.74, 6) is -0.765. The summed E-state index contributed by atoms with van der Waals surface area (Å²) < 4.78 is 0. The highest BCUT2D eigenvalue weighted by atomic mass is 16.2. The Morgan fingerprint density at radius 2 is 1.81 bits per heavy atom. The number of rotatable bonds is 5. The largest absolute Gasteiger partial charge is 0.355 e. The van der Waals surface area contributed by atoms with Crippen LogP contribution in [0.2, 0.25) is 0 Å². The number of aromatic amines is 1. The lowest BCUT2D eigenvalue weighted by Gasteiger charge is -2.12. The molecule has 0 aliphatic carbocycles. The number of nitrogens with one attached hydrogen (secondary N) is 4. The normalized spacial score (nSPS) is 10.9. The van der Waals surface area contributed by atoms with Crippen molar-refractivity contribution < 1.29 is 9.59 Å². The molecule has 154 valence electrons. The van der Waals surface area contributed by atoms with Crippen LogP contribution in [0.15, 0.2) is 66.9 Å². The van der Waals surface area contributed by atoms with E-state index in [-0.39, 0.29) is 5.91 Å². The lowest BCUT2D eigenvalue weighted by Crippen LogP contribution is -2.40. The predicted octanol–water partition coefficient (Wildman–Crippen LogP) is 3.65. The molecule has 2 aromatic carbocycles. The molecule has 0 atom stereocenters. The summed E-state index contributed by atoms with van der Waals surface area (Å²) in [6, 6.07) is 18.6.